The molecule has 0 saturated carbocycles. The first kappa shape index (κ1) is 16.6. The second-order valence-corrected chi connectivity index (χ2v) is 4.83. The number of hydrogen-bond acceptors (Lipinski definition) is 5. The van der Waals surface area contributed by atoms with E-state index in [4.69, 9.17) is 9.15 Å². The molecule has 1 aromatic heterocycles. The smallest absolute Gasteiger partial charge is 0.321 e. The Bertz CT molecular complexity index is 637. The lowest BCUT2D eigenvalue weighted by molar-refractivity contribution is -0.141. The summed E-state index contributed by atoms with van der Waals surface area (Å²) < 4.78 is 10.1. The van der Waals surface area contributed by atoms with Crippen LogP contribution in [0, 0.1) is 0 Å². The fraction of sp³-hybridized carbons (Fsp3) is 0.250. The third kappa shape index (κ3) is 5.15. The van der Waals surface area contributed by atoms with Crippen molar-refractivity contribution in [1.82, 2.24) is 5.32 Å². The maximum Gasteiger partial charge on any atom is 0.321 e. The normalized spacial score (nSPS) is 11.7. The molecule has 0 aliphatic rings. The summed E-state index contributed by atoms with van der Waals surface area (Å²) in [6.07, 6.45) is 1.31. The van der Waals surface area contributed by atoms with Gasteiger partial charge < -0.3 is 19.6 Å². The average Bonchev–Trinajstić information content (AvgIpc) is 3.05. The molecule has 0 fully saturated rings. The number of carbonyl (C=O) groups excluding carboxylic acids is 1. The molecule has 1 aromatic carbocycles. The van der Waals surface area contributed by atoms with Crippen LogP contribution in [0.2, 0.25) is 0 Å². The number of methoxy groups -OCH3 is 1. The molecule has 2 rings (SSSR count). The molecule has 0 saturated heterocycles. The highest BCUT2D eigenvalue weighted by atomic mass is 16.5. The SMILES string of the molecule is COc1ccc(NC(=O)C[C@H](NCc2ccco2)C(=O)O)cc1. The molecule has 2 aromatic rings. The molecule has 7 nitrogen and oxygen atoms in total. The fourth-order valence-electron chi connectivity index (χ4n) is 1.96. The second kappa shape index (κ2) is 8.00. The summed E-state index contributed by atoms with van der Waals surface area (Å²) in [6, 6.07) is 9.22. The van der Waals surface area contributed by atoms with E-state index in [2.05, 4.69) is 10.6 Å². The van der Waals surface area contributed by atoms with Gasteiger partial charge in [0.1, 0.15) is 17.6 Å². The standard InChI is InChI=1S/C16H18N2O5/c1-22-12-6-4-11(5-7-12)18-15(19)9-14(16(20)21)17-10-13-3-2-8-23-13/h2-8,14,17H,9-10H2,1H3,(H,18,19)(H,20,21)/t14-/m0/s1. The van der Waals surface area contributed by atoms with Crippen molar-refractivity contribution in [3.63, 3.8) is 0 Å². The minimum Gasteiger partial charge on any atom is -0.497 e. The van der Waals surface area contributed by atoms with E-state index >= 15 is 0 Å². The van der Waals surface area contributed by atoms with Gasteiger partial charge in [0, 0.05) is 5.69 Å². The van der Waals surface area contributed by atoms with Crippen LogP contribution in [0.15, 0.2) is 47.1 Å². The first-order chi connectivity index (χ1) is 11.1. The summed E-state index contributed by atoms with van der Waals surface area (Å²) in [6.45, 7) is 0.236. The molecule has 1 amide bonds. The summed E-state index contributed by atoms with van der Waals surface area (Å²) in [5.74, 6) is -0.214. The number of anilines is 1. The molecule has 0 radical (unpaired) electrons. The highest BCUT2D eigenvalue weighted by Crippen LogP contribution is 2.15. The van der Waals surface area contributed by atoms with Crippen molar-refractivity contribution in [3.8, 4) is 5.75 Å². The van der Waals surface area contributed by atoms with Gasteiger partial charge in [-0.15, -0.1) is 0 Å². The maximum absolute atomic E-state index is 12.0. The molecule has 0 aliphatic carbocycles. The Labute approximate surface area is 133 Å². The number of aliphatic carboxylic acids is 1. The molecule has 0 spiro atoms. The number of carbonyl (C=O) groups is 2. The highest BCUT2D eigenvalue weighted by molar-refractivity contribution is 5.94. The zero-order chi connectivity index (χ0) is 16.7. The van der Waals surface area contributed by atoms with Gasteiger partial charge in [0.25, 0.3) is 0 Å². The van der Waals surface area contributed by atoms with E-state index in [-0.39, 0.29) is 13.0 Å². The number of nitrogens with one attached hydrogen (secondary N) is 2. The maximum atomic E-state index is 12.0. The lowest BCUT2D eigenvalue weighted by Crippen LogP contribution is -2.39. The summed E-state index contributed by atoms with van der Waals surface area (Å²) >= 11 is 0. The van der Waals surface area contributed by atoms with Crippen LogP contribution in [0.3, 0.4) is 0 Å². The van der Waals surface area contributed by atoms with Crippen LogP contribution in [0.1, 0.15) is 12.2 Å². The number of hydrogen-bond donors (Lipinski definition) is 3. The van der Waals surface area contributed by atoms with Gasteiger partial charge in [-0.05, 0) is 36.4 Å². The van der Waals surface area contributed by atoms with Gasteiger partial charge in [-0.2, -0.15) is 0 Å². The van der Waals surface area contributed by atoms with Crippen LogP contribution >= 0.6 is 0 Å². The number of benzene rings is 1. The van der Waals surface area contributed by atoms with E-state index in [1.807, 2.05) is 0 Å². The molecule has 0 unspecified atom stereocenters. The van der Waals surface area contributed by atoms with Crippen LogP contribution in [0.4, 0.5) is 5.69 Å². The van der Waals surface area contributed by atoms with E-state index in [0.29, 0.717) is 17.2 Å². The van der Waals surface area contributed by atoms with Gasteiger partial charge >= 0.3 is 5.97 Å². The highest BCUT2D eigenvalue weighted by Gasteiger charge is 2.21. The van der Waals surface area contributed by atoms with Gasteiger partial charge in [0.2, 0.25) is 5.91 Å². The van der Waals surface area contributed by atoms with Crippen LogP contribution < -0.4 is 15.4 Å². The quantitative estimate of drug-likeness (QED) is 0.687. The Kier molecular flexibility index (Phi) is 5.76. The number of furan rings is 1. The average molecular weight is 318 g/mol. The van der Waals surface area contributed by atoms with Crippen molar-refractivity contribution in [3.05, 3.63) is 48.4 Å². The van der Waals surface area contributed by atoms with Gasteiger partial charge in [0.15, 0.2) is 0 Å². The monoisotopic (exact) mass is 318 g/mol. The van der Waals surface area contributed by atoms with E-state index < -0.39 is 17.9 Å². The molecule has 0 aliphatic heterocycles. The predicted molar refractivity (Wildman–Crippen MR) is 83.2 cm³/mol. The summed E-state index contributed by atoms with van der Waals surface area (Å²) in [7, 11) is 1.55. The number of carboxylic acids is 1. The van der Waals surface area contributed by atoms with Crippen molar-refractivity contribution in [2.45, 2.75) is 19.0 Å². The number of ether oxygens (including phenoxy) is 1. The van der Waals surface area contributed by atoms with Crippen molar-refractivity contribution < 1.29 is 23.8 Å². The zero-order valence-corrected chi connectivity index (χ0v) is 12.6. The number of rotatable bonds is 8. The molecule has 1 atom stereocenters. The summed E-state index contributed by atoms with van der Waals surface area (Å²) in [4.78, 5) is 23.2. The van der Waals surface area contributed by atoms with Crippen LogP contribution in [-0.4, -0.2) is 30.1 Å². The Balaban J connectivity index is 1.87. The van der Waals surface area contributed by atoms with Gasteiger partial charge in [0.05, 0.1) is 26.3 Å². The predicted octanol–water partition coefficient (Wildman–Crippen LogP) is 1.86. The van der Waals surface area contributed by atoms with E-state index in [0.717, 1.165) is 0 Å². The number of carboxylic acid groups (broad SMARTS) is 1. The molecule has 1 heterocycles. The molecular formula is C16H18N2O5. The van der Waals surface area contributed by atoms with Crippen LogP contribution in [0.25, 0.3) is 0 Å². The molecule has 23 heavy (non-hydrogen) atoms. The molecule has 7 heteroatoms. The Morgan fingerprint density at radius 2 is 2.00 bits per heavy atom. The van der Waals surface area contributed by atoms with Crippen LogP contribution in [-0.2, 0) is 16.1 Å². The molecule has 0 bridgehead atoms. The van der Waals surface area contributed by atoms with Gasteiger partial charge in [-0.3, -0.25) is 14.9 Å². The third-order valence-corrected chi connectivity index (χ3v) is 3.16. The summed E-state index contributed by atoms with van der Waals surface area (Å²) in [5, 5.41) is 14.6. The Morgan fingerprint density at radius 3 is 2.57 bits per heavy atom. The molecular weight excluding hydrogens is 300 g/mol. The lowest BCUT2D eigenvalue weighted by atomic mass is 10.2. The fourth-order valence-corrected chi connectivity index (χ4v) is 1.96. The first-order valence-electron chi connectivity index (χ1n) is 7.01. The first-order valence-corrected chi connectivity index (χ1v) is 7.01. The van der Waals surface area contributed by atoms with Crippen molar-refractivity contribution in [1.29, 1.82) is 0 Å². The van der Waals surface area contributed by atoms with Crippen LogP contribution in [0.5, 0.6) is 5.75 Å². The third-order valence-electron chi connectivity index (χ3n) is 3.16. The minimum absolute atomic E-state index is 0.192. The van der Waals surface area contributed by atoms with Gasteiger partial charge in [-0.1, -0.05) is 0 Å². The lowest BCUT2D eigenvalue weighted by Gasteiger charge is -2.13. The van der Waals surface area contributed by atoms with Crippen molar-refractivity contribution in [2.75, 3.05) is 12.4 Å². The summed E-state index contributed by atoms with van der Waals surface area (Å²) in [5.41, 5.74) is 0.575. The van der Waals surface area contributed by atoms with Crippen molar-refractivity contribution >= 4 is 17.6 Å². The van der Waals surface area contributed by atoms with Crippen molar-refractivity contribution in [2.24, 2.45) is 0 Å². The zero-order valence-electron chi connectivity index (χ0n) is 12.6. The second-order valence-electron chi connectivity index (χ2n) is 4.83. The number of amides is 1. The topological polar surface area (TPSA) is 101 Å². The van der Waals surface area contributed by atoms with Gasteiger partial charge in [-0.25, -0.2) is 0 Å². The van der Waals surface area contributed by atoms with E-state index in [1.165, 1.54) is 6.26 Å². The largest absolute Gasteiger partial charge is 0.497 e. The van der Waals surface area contributed by atoms with E-state index in [1.54, 1.807) is 43.5 Å². The molecule has 3 N–H and O–H groups in total. The minimum atomic E-state index is -1.10. The molecule has 122 valence electrons. The Hall–Kier alpha value is -2.80. The van der Waals surface area contributed by atoms with E-state index in [9.17, 15) is 14.7 Å². The Morgan fingerprint density at radius 1 is 1.26 bits per heavy atom.